The van der Waals surface area contributed by atoms with Crippen molar-refractivity contribution in [1.82, 2.24) is 40.6 Å². The van der Waals surface area contributed by atoms with E-state index in [0.717, 1.165) is 73.6 Å². The zero-order chi connectivity index (χ0) is 43.5. The molecule has 0 bridgehead atoms. The zero-order valence-corrected chi connectivity index (χ0v) is 35.8. The Kier molecular flexibility index (Phi) is 12.2. The van der Waals surface area contributed by atoms with E-state index in [4.69, 9.17) is 4.52 Å². The van der Waals surface area contributed by atoms with Crippen molar-refractivity contribution >= 4 is 46.7 Å². The number of hydrogen-bond acceptors (Lipinski definition) is 13. The van der Waals surface area contributed by atoms with Crippen LogP contribution in [0.25, 0.3) is 11.3 Å². The first kappa shape index (κ1) is 42.2. The number of amides is 4. The van der Waals surface area contributed by atoms with Crippen LogP contribution in [0.5, 0.6) is 0 Å². The molecule has 0 saturated carbocycles. The molecular weight excluding hydrogens is 792 g/mol. The van der Waals surface area contributed by atoms with Crippen molar-refractivity contribution < 1.29 is 23.3 Å². The Labute approximate surface area is 360 Å². The fourth-order valence-corrected chi connectivity index (χ4v) is 8.27. The monoisotopic (exact) mass is 844 g/mol. The lowest BCUT2D eigenvalue weighted by Crippen LogP contribution is -2.49. The van der Waals surface area contributed by atoms with Gasteiger partial charge < -0.3 is 25.0 Å². The number of hydrogen-bond donors (Lipinski definition) is 3. The summed E-state index contributed by atoms with van der Waals surface area (Å²) in [5.41, 5.74) is 5.48. The summed E-state index contributed by atoms with van der Waals surface area (Å²) in [7, 11) is 0. The smallest absolute Gasteiger partial charge is 0.328 e. The average molecular weight is 845 g/mol. The van der Waals surface area contributed by atoms with Gasteiger partial charge in [-0.25, -0.2) is 19.7 Å². The quantitative estimate of drug-likeness (QED) is 0.125. The number of anilines is 5. The molecular formula is C45H53FN12O4. The molecule has 3 saturated heterocycles. The normalized spacial score (nSPS) is 17.2. The number of halogens is 1. The predicted molar refractivity (Wildman–Crippen MR) is 234 cm³/mol. The van der Waals surface area contributed by atoms with Gasteiger partial charge in [0.2, 0.25) is 17.8 Å². The van der Waals surface area contributed by atoms with Gasteiger partial charge in [-0.2, -0.15) is 9.37 Å². The summed E-state index contributed by atoms with van der Waals surface area (Å²) in [6.07, 6.45) is 4.13. The van der Waals surface area contributed by atoms with Crippen molar-refractivity contribution in [2.75, 3.05) is 72.4 Å². The van der Waals surface area contributed by atoms with E-state index in [1.165, 1.54) is 0 Å². The number of aryl methyl sites for hydroxylation is 1. The SMILES string of the molecule is Cc1cc(-c2ccnc(Nc3ccc(N4CCN(CC5CCN(c6ccc(N7CCC(=O)NC7=O)cc6)CC5)CC4)c(F)n3)n2)ccc1[C@@H](C)NC(=O)c1nc(C(C)(C)C)no1. The highest BCUT2D eigenvalue weighted by Gasteiger charge is 2.28. The number of benzene rings is 2. The van der Waals surface area contributed by atoms with Crippen LogP contribution < -0.4 is 30.7 Å². The molecule has 1 atom stereocenters. The third-order valence-electron chi connectivity index (χ3n) is 11.8. The molecule has 8 rings (SSSR count). The van der Waals surface area contributed by atoms with E-state index in [1.807, 2.05) is 65.0 Å². The molecule has 3 fully saturated rings. The maximum Gasteiger partial charge on any atom is 0.328 e. The Bertz CT molecular complexity index is 2420. The summed E-state index contributed by atoms with van der Waals surface area (Å²) >= 11 is 0. The molecule has 0 radical (unpaired) electrons. The van der Waals surface area contributed by atoms with E-state index in [9.17, 15) is 14.4 Å². The standard InChI is InChI=1S/C45H53FN12O4/c1-28-26-31(6-11-34(28)29(2)48-40(60)41-53-42(54-62-41)45(3,4)5)35-14-18-47-43(49-35)51-37-13-12-36(39(46)50-37)57-24-22-55(23-25-57)27-30-15-19-56(20-16-30)32-7-9-33(10-8-32)58-21-17-38(59)52-44(58)61/h6-14,18,26,29-30H,15-17,19-25,27H2,1-5H3,(H,48,60)(H,52,59,61)(H,47,49,50,51)/t29-/m1/s1. The van der Waals surface area contributed by atoms with Crippen LogP contribution in [0.2, 0.25) is 0 Å². The fourth-order valence-electron chi connectivity index (χ4n) is 8.27. The average Bonchev–Trinajstić information content (AvgIpc) is 3.77. The first-order chi connectivity index (χ1) is 29.8. The largest absolute Gasteiger partial charge is 0.372 e. The van der Waals surface area contributed by atoms with Crippen LogP contribution in [0.15, 0.2) is 71.4 Å². The van der Waals surface area contributed by atoms with Crippen LogP contribution >= 0.6 is 0 Å². The topological polar surface area (TPSA) is 178 Å². The van der Waals surface area contributed by atoms with Gasteiger partial charge in [0.05, 0.1) is 17.4 Å². The van der Waals surface area contributed by atoms with Gasteiger partial charge in [-0.05, 0) is 92.3 Å². The van der Waals surface area contributed by atoms with Gasteiger partial charge in [-0.3, -0.25) is 24.7 Å². The number of piperidine rings is 1. The number of rotatable bonds is 11. The third-order valence-corrected chi connectivity index (χ3v) is 11.8. The minimum atomic E-state index is -0.546. The lowest BCUT2D eigenvalue weighted by molar-refractivity contribution is -0.120. The van der Waals surface area contributed by atoms with Crippen LogP contribution in [-0.2, 0) is 10.2 Å². The Balaban J connectivity index is 0.798. The van der Waals surface area contributed by atoms with Crippen molar-refractivity contribution in [2.45, 2.75) is 65.3 Å². The van der Waals surface area contributed by atoms with Crippen LogP contribution in [0.4, 0.5) is 38.0 Å². The molecule has 3 N–H and O–H groups in total. The molecule has 5 aromatic rings. The molecule has 3 aliphatic heterocycles. The Morgan fingerprint density at radius 1 is 0.903 bits per heavy atom. The Morgan fingerprint density at radius 3 is 2.32 bits per heavy atom. The van der Waals surface area contributed by atoms with Gasteiger partial charge in [0, 0.05) is 87.3 Å². The first-order valence-corrected chi connectivity index (χ1v) is 21.2. The number of nitrogens with zero attached hydrogens (tertiary/aromatic N) is 9. The summed E-state index contributed by atoms with van der Waals surface area (Å²) in [6.45, 7) is 16.2. The van der Waals surface area contributed by atoms with E-state index in [-0.39, 0.29) is 29.3 Å². The number of carbonyl (C=O) groups excluding carboxylic acids is 3. The highest BCUT2D eigenvalue weighted by molar-refractivity contribution is 6.05. The number of carbonyl (C=O) groups is 3. The summed E-state index contributed by atoms with van der Waals surface area (Å²) in [4.78, 5) is 62.7. The van der Waals surface area contributed by atoms with Crippen molar-refractivity contribution in [3.63, 3.8) is 0 Å². The molecule has 3 aliphatic rings. The van der Waals surface area contributed by atoms with E-state index in [0.29, 0.717) is 60.9 Å². The molecule has 0 unspecified atom stereocenters. The lowest BCUT2D eigenvalue weighted by Gasteiger charge is -2.40. The molecule has 3 aromatic heterocycles. The number of urea groups is 1. The van der Waals surface area contributed by atoms with Crippen LogP contribution in [0.3, 0.4) is 0 Å². The summed E-state index contributed by atoms with van der Waals surface area (Å²) in [5.74, 6) is 0.362. The second-order valence-electron chi connectivity index (χ2n) is 17.3. The number of aromatic nitrogens is 5. The molecule has 4 amide bonds. The Morgan fingerprint density at radius 2 is 1.65 bits per heavy atom. The fraction of sp³-hybridized carbons (Fsp3) is 0.422. The van der Waals surface area contributed by atoms with Crippen molar-refractivity contribution in [2.24, 2.45) is 5.92 Å². The molecule has 324 valence electrons. The molecule has 0 spiro atoms. The summed E-state index contributed by atoms with van der Waals surface area (Å²) < 4.78 is 20.7. The highest BCUT2D eigenvalue weighted by atomic mass is 19.1. The van der Waals surface area contributed by atoms with Gasteiger partial charge in [0.15, 0.2) is 5.82 Å². The van der Waals surface area contributed by atoms with E-state index in [1.54, 1.807) is 29.3 Å². The van der Waals surface area contributed by atoms with Gasteiger partial charge >= 0.3 is 17.8 Å². The lowest BCUT2D eigenvalue weighted by atomic mass is 9.95. The van der Waals surface area contributed by atoms with E-state index < -0.39 is 11.9 Å². The number of piperazine rings is 1. The summed E-state index contributed by atoms with van der Waals surface area (Å²) in [6, 6.07) is 18.5. The number of nitrogens with one attached hydrogen (secondary N) is 3. The van der Waals surface area contributed by atoms with Crippen molar-refractivity contribution in [1.29, 1.82) is 0 Å². The predicted octanol–water partition coefficient (Wildman–Crippen LogP) is 6.39. The molecule has 16 nitrogen and oxygen atoms in total. The second kappa shape index (κ2) is 17.8. The van der Waals surface area contributed by atoms with Crippen LogP contribution in [-0.4, -0.2) is 100 Å². The van der Waals surface area contributed by atoms with E-state index in [2.05, 4.69) is 67.9 Å². The molecule has 62 heavy (non-hydrogen) atoms. The highest BCUT2D eigenvalue weighted by Crippen LogP contribution is 2.30. The molecule has 17 heteroatoms. The maximum absolute atomic E-state index is 15.5. The van der Waals surface area contributed by atoms with Crippen LogP contribution in [0, 0.1) is 18.8 Å². The number of pyridine rings is 1. The van der Waals surface area contributed by atoms with Gasteiger partial charge in [0.25, 0.3) is 0 Å². The molecule has 0 aliphatic carbocycles. The van der Waals surface area contributed by atoms with Gasteiger partial charge in [-0.15, -0.1) is 0 Å². The summed E-state index contributed by atoms with van der Waals surface area (Å²) in [5, 5.41) is 12.3. The first-order valence-electron chi connectivity index (χ1n) is 21.2. The molecule has 2 aromatic carbocycles. The third kappa shape index (κ3) is 9.67. The van der Waals surface area contributed by atoms with Crippen LogP contribution in [0.1, 0.15) is 80.6 Å². The van der Waals surface area contributed by atoms with Gasteiger partial charge in [-0.1, -0.05) is 38.1 Å². The molecule has 6 heterocycles. The van der Waals surface area contributed by atoms with Crippen molar-refractivity contribution in [3.8, 4) is 11.3 Å². The number of imide groups is 1. The minimum Gasteiger partial charge on any atom is -0.372 e. The van der Waals surface area contributed by atoms with Crippen molar-refractivity contribution in [3.05, 3.63) is 95.7 Å². The maximum atomic E-state index is 15.5. The zero-order valence-electron chi connectivity index (χ0n) is 35.8. The van der Waals surface area contributed by atoms with Gasteiger partial charge in [0.1, 0.15) is 5.82 Å². The minimum absolute atomic E-state index is 0.0744. The Hall–Kier alpha value is -6.49. The van der Waals surface area contributed by atoms with E-state index >= 15 is 4.39 Å². The second-order valence-corrected chi connectivity index (χ2v) is 17.3.